The van der Waals surface area contributed by atoms with Gasteiger partial charge in [-0.1, -0.05) is 35.8 Å². The number of methoxy groups -OCH3 is 1. The maximum atomic E-state index is 13.7. The van der Waals surface area contributed by atoms with Gasteiger partial charge in [0.2, 0.25) is 0 Å². The van der Waals surface area contributed by atoms with E-state index in [4.69, 9.17) is 9.47 Å². The molecular weight excluding hydrogens is 373 g/mol. The average molecular weight is 395 g/mol. The first kappa shape index (κ1) is 18.6. The van der Waals surface area contributed by atoms with Crippen LogP contribution in [0, 0.1) is 0 Å². The number of benzene rings is 1. The lowest BCUT2D eigenvalue weighted by Crippen LogP contribution is -2.53. The minimum absolute atomic E-state index is 0.0127. The largest absolute Gasteiger partial charge is 0.496 e. The molecule has 0 amide bonds. The van der Waals surface area contributed by atoms with Crippen LogP contribution in [-0.2, 0) is 10.2 Å². The third-order valence-corrected chi connectivity index (χ3v) is 4.98. The molecule has 2 nitrogen and oxygen atoms in total. The summed E-state index contributed by atoms with van der Waals surface area (Å²) in [7, 11) is 1.53. The van der Waals surface area contributed by atoms with Crippen LogP contribution in [0.1, 0.15) is 45.1 Å². The summed E-state index contributed by atoms with van der Waals surface area (Å²) in [5.41, 5.74) is -2.06. The second kappa shape index (κ2) is 6.63. The van der Waals surface area contributed by atoms with Crippen LogP contribution in [-0.4, -0.2) is 25.5 Å². The van der Waals surface area contributed by atoms with Crippen molar-refractivity contribution in [2.24, 2.45) is 0 Å². The highest BCUT2D eigenvalue weighted by atomic mass is 79.9. The molecule has 2 rings (SSSR count). The maximum absolute atomic E-state index is 13.7. The van der Waals surface area contributed by atoms with Crippen LogP contribution < -0.4 is 4.74 Å². The zero-order valence-corrected chi connectivity index (χ0v) is 15.2. The molecule has 1 heterocycles. The molecule has 0 aliphatic carbocycles. The molecule has 1 aromatic rings. The Hall–Kier alpha value is -0.750. The molecule has 1 aliphatic rings. The Morgan fingerprint density at radius 1 is 1.26 bits per heavy atom. The van der Waals surface area contributed by atoms with E-state index < -0.39 is 17.2 Å². The van der Waals surface area contributed by atoms with Gasteiger partial charge in [0.1, 0.15) is 5.75 Å². The van der Waals surface area contributed by atoms with Crippen LogP contribution in [0.4, 0.5) is 13.2 Å². The zero-order valence-electron chi connectivity index (χ0n) is 13.6. The van der Waals surface area contributed by atoms with Gasteiger partial charge in [0, 0.05) is 11.1 Å². The fourth-order valence-electron chi connectivity index (χ4n) is 3.35. The molecule has 1 atom stereocenters. The van der Waals surface area contributed by atoms with Crippen LogP contribution in [0.15, 0.2) is 22.7 Å². The van der Waals surface area contributed by atoms with Gasteiger partial charge >= 0.3 is 6.18 Å². The second-order valence-electron chi connectivity index (χ2n) is 6.70. The number of hydrogen-bond donors (Lipinski definition) is 0. The van der Waals surface area contributed by atoms with Gasteiger partial charge in [-0.3, -0.25) is 0 Å². The highest BCUT2D eigenvalue weighted by Crippen LogP contribution is 2.49. The highest BCUT2D eigenvalue weighted by Gasteiger charge is 2.58. The van der Waals surface area contributed by atoms with Crippen molar-refractivity contribution in [3.63, 3.8) is 0 Å². The summed E-state index contributed by atoms with van der Waals surface area (Å²) in [6.45, 7) is 3.78. The Morgan fingerprint density at radius 3 is 2.48 bits per heavy atom. The van der Waals surface area contributed by atoms with Crippen molar-refractivity contribution in [1.29, 1.82) is 0 Å². The number of halogens is 4. The summed E-state index contributed by atoms with van der Waals surface area (Å²) in [5.74, 6) is 0.581. The van der Waals surface area contributed by atoms with E-state index in [1.807, 2.05) is 26.0 Å². The molecule has 0 spiro atoms. The lowest BCUT2D eigenvalue weighted by atomic mass is 9.72. The van der Waals surface area contributed by atoms with Gasteiger partial charge in [-0.2, -0.15) is 13.2 Å². The van der Waals surface area contributed by atoms with E-state index in [-0.39, 0.29) is 19.4 Å². The smallest absolute Gasteiger partial charge is 0.417 e. The van der Waals surface area contributed by atoms with Crippen LogP contribution in [0.2, 0.25) is 0 Å². The highest BCUT2D eigenvalue weighted by molar-refractivity contribution is 9.10. The number of ether oxygens (including phenoxy) is 2. The Morgan fingerprint density at radius 2 is 1.96 bits per heavy atom. The van der Waals surface area contributed by atoms with Crippen molar-refractivity contribution >= 4 is 15.9 Å². The van der Waals surface area contributed by atoms with Gasteiger partial charge < -0.3 is 9.47 Å². The molecule has 1 aliphatic heterocycles. The Labute approximate surface area is 143 Å². The number of rotatable bonds is 4. The van der Waals surface area contributed by atoms with E-state index in [0.717, 1.165) is 10.0 Å². The molecule has 0 N–H and O–H groups in total. The molecule has 0 bridgehead atoms. The Balaban J connectivity index is 2.38. The molecular formula is C17H22BrF3O2. The van der Waals surface area contributed by atoms with Crippen molar-refractivity contribution in [2.45, 2.75) is 56.7 Å². The lowest BCUT2D eigenvalue weighted by Gasteiger charge is -2.43. The molecule has 1 saturated heterocycles. The molecule has 1 aromatic carbocycles. The number of hydrogen-bond acceptors (Lipinski definition) is 2. The predicted molar refractivity (Wildman–Crippen MR) is 86.9 cm³/mol. The average Bonchev–Trinajstić information content (AvgIpc) is 2.46. The third-order valence-electron chi connectivity index (χ3n) is 4.49. The van der Waals surface area contributed by atoms with Gasteiger partial charge in [-0.25, -0.2) is 0 Å². The molecule has 0 saturated carbocycles. The first-order valence-corrected chi connectivity index (χ1v) is 8.45. The molecule has 23 heavy (non-hydrogen) atoms. The molecule has 0 aromatic heterocycles. The van der Waals surface area contributed by atoms with Gasteiger partial charge in [-0.05, 0) is 48.8 Å². The Kier molecular flexibility index (Phi) is 5.36. The molecule has 6 heteroatoms. The van der Waals surface area contributed by atoms with Gasteiger partial charge in [0.05, 0.1) is 7.11 Å². The SMILES string of the molecule is COc1cc(Br)ccc1C(C)(C)CC1(C(F)(F)F)CCCCO1. The van der Waals surface area contributed by atoms with E-state index in [9.17, 15) is 13.2 Å². The normalized spacial score (nSPS) is 22.9. The van der Waals surface area contributed by atoms with Gasteiger partial charge in [0.15, 0.2) is 5.60 Å². The standard InChI is InChI=1S/C17H22BrF3O2/c1-15(2,13-7-6-12(18)10-14(13)22-3)11-16(17(19,20)21)8-4-5-9-23-16/h6-7,10H,4-5,8-9,11H2,1-3H3. The van der Waals surface area contributed by atoms with Crippen molar-refractivity contribution in [3.05, 3.63) is 28.2 Å². The third kappa shape index (κ3) is 3.85. The minimum Gasteiger partial charge on any atom is -0.496 e. The minimum atomic E-state index is -4.38. The lowest BCUT2D eigenvalue weighted by molar-refractivity contribution is -0.295. The quantitative estimate of drug-likeness (QED) is 0.658. The van der Waals surface area contributed by atoms with Crippen LogP contribution in [0.3, 0.4) is 0 Å². The summed E-state index contributed by atoms with van der Waals surface area (Å²) in [6.07, 6.45) is -3.28. The van der Waals surface area contributed by atoms with Crippen molar-refractivity contribution in [3.8, 4) is 5.75 Å². The number of alkyl halides is 3. The molecule has 1 fully saturated rings. The first-order chi connectivity index (χ1) is 10.6. The summed E-state index contributed by atoms with van der Waals surface area (Å²) < 4.78 is 52.7. The first-order valence-electron chi connectivity index (χ1n) is 7.66. The van der Waals surface area contributed by atoms with E-state index in [1.54, 1.807) is 6.07 Å². The van der Waals surface area contributed by atoms with Crippen LogP contribution in [0.5, 0.6) is 5.75 Å². The summed E-state index contributed by atoms with van der Waals surface area (Å²) >= 11 is 3.36. The van der Waals surface area contributed by atoms with Crippen molar-refractivity contribution in [1.82, 2.24) is 0 Å². The van der Waals surface area contributed by atoms with Crippen molar-refractivity contribution < 1.29 is 22.6 Å². The van der Waals surface area contributed by atoms with E-state index in [0.29, 0.717) is 18.6 Å². The summed E-state index contributed by atoms with van der Waals surface area (Å²) in [5, 5.41) is 0. The fraction of sp³-hybridized carbons (Fsp3) is 0.647. The zero-order chi connectivity index (χ0) is 17.3. The molecule has 0 radical (unpaired) electrons. The summed E-state index contributed by atoms with van der Waals surface area (Å²) in [6, 6.07) is 5.41. The van der Waals surface area contributed by atoms with E-state index in [2.05, 4.69) is 15.9 Å². The predicted octanol–water partition coefficient (Wildman–Crippen LogP) is 5.63. The van der Waals surface area contributed by atoms with Gasteiger partial charge in [-0.15, -0.1) is 0 Å². The summed E-state index contributed by atoms with van der Waals surface area (Å²) in [4.78, 5) is 0. The monoisotopic (exact) mass is 394 g/mol. The van der Waals surface area contributed by atoms with E-state index in [1.165, 1.54) is 7.11 Å². The fourth-order valence-corrected chi connectivity index (χ4v) is 3.69. The Bertz CT molecular complexity index is 549. The van der Waals surface area contributed by atoms with Crippen LogP contribution >= 0.6 is 15.9 Å². The maximum Gasteiger partial charge on any atom is 0.417 e. The topological polar surface area (TPSA) is 18.5 Å². The van der Waals surface area contributed by atoms with E-state index >= 15 is 0 Å². The molecule has 1 unspecified atom stereocenters. The van der Waals surface area contributed by atoms with Gasteiger partial charge in [0.25, 0.3) is 0 Å². The van der Waals surface area contributed by atoms with Crippen LogP contribution in [0.25, 0.3) is 0 Å². The molecule has 130 valence electrons. The van der Waals surface area contributed by atoms with Crippen molar-refractivity contribution in [2.75, 3.05) is 13.7 Å². The second-order valence-corrected chi connectivity index (χ2v) is 7.62.